The summed E-state index contributed by atoms with van der Waals surface area (Å²) in [7, 11) is 0. The molecule has 1 aromatic rings. The minimum Gasteiger partial charge on any atom is -0.372 e. The van der Waals surface area contributed by atoms with Crippen LogP contribution in [0.2, 0.25) is 0 Å². The van der Waals surface area contributed by atoms with Gasteiger partial charge in [0.1, 0.15) is 0 Å². The number of aryl methyl sites for hydroxylation is 1. The van der Waals surface area contributed by atoms with E-state index in [2.05, 4.69) is 55.3 Å². The van der Waals surface area contributed by atoms with Crippen LogP contribution in [0, 0.1) is 6.92 Å². The van der Waals surface area contributed by atoms with E-state index in [1.807, 2.05) is 0 Å². The van der Waals surface area contributed by atoms with E-state index in [9.17, 15) is 0 Å². The van der Waals surface area contributed by atoms with Crippen molar-refractivity contribution in [1.82, 2.24) is 5.32 Å². The van der Waals surface area contributed by atoms with Gasteiger partial charge >= 0.3 is 0 Å². The standard InChI is InChI=1S/C15H26N2/c1-4-16-11-6-7-12-17(5-2)15-10-8-9-14(3)13-15/h8-10,13,16H,4-7,11-12H2,1-3H3. The Morgan fingerprint density at radius 1 is 1.18 bits per heavy atom. The molecule has 0 aliphatic rings. The molecule has 1 rings (SSSR count). The highest BCUT2D eigenvalue weighted by molar-refractivity contribution is 5.48. The second-order valence-corrected chi connectivity index (χ2v) is 4.48. The van der Waals surface area contributed by atoms with Crippen molar-refractivity contribution in [3.63, 3.8) is 0 Å². The van der Waals surface area contributed by atoms with Crippen LogP contribution in [0.3, 0.4) is 0 Å². The summed E-state index contributed by atoms with van der Waals surface area (Å²) in [5, 5.41) is 3.37. The molecule has 0 bridgehead atoms. The molecule has 2 heteroatoms. The van der Waals surface area contributed by atoms with Crippen molar-refractivity contribution in [2.24, 2.45) is 0 Å². The Morgan fingerprint density at radius 3 is 2.65 bits per heavy atom. The zero-order chi connectivity index (χ0) is 12.5. The van der Waals surface area contributed by atoms with Crippen molar-refractivity contribution in [3.05, 3.63) is 29.8 Å². The molecule has 0 fully saturated rings. The monoisotopic (exact) mass is 234 g/mol. The van der Waals surface area contributed by atoms with Crippen molar-refractivity contribution in [2.75, 3.05) is 31.1 Å². The first-order chi connectivity index (χ1) is 8.27. The molecule has 0 unspecified atom stereocenters. The molecule has 0 radical (unpaired) electrons. The Labute approximate surface area is 106 Å². The first kappa shape index (κ1) is 14.0. The molecule has 0 saturated heterocycles. The summed E-state index contributed by atoms with van der Waals surface area (Å²) in [6.45, 7) is 11.0. The summed E-state index contributed by atoms with van der Waals surface area (Å²) in [4.78, 5) is 2.46. The van der Waals surface area contributed by atoms with Gasteiger partial charge in [0.25, 0.3) is 0 Å². The molecule has 0 heterocycles. The zero-order valence-corrected chi connectivity index (χ0v) is 11.5. The fraction of sp³-hybridized carbons (Fsp3) is 0.600. The molecule has 0 atom stereocenters. The minimum absolute atomic E-state index is 1.08. The van der Waals surface area contributed by atoms with E-state index in [0.29, 0.717) is 0 Å². The largest absolute Gasteiger partial charge is 0.372 e. The molecule has 0 amide bonds. The van der Waals surface area contributed by atoms with Crippen LogP contribution < -0.4 is 10.2 Å². The summed E-state index contributed by atoms with van der Waals surface area (Å²) < 4.78 is 0. The van der Waals surface area contributed by atoms with Crippen molar-refractivity contribution in [2.45, 2.75) is 33.6 Å². The van der Waals surface area contributed by atoms with Gasteiger partial charge in [0.2, 0.25) is 0 Å². The van der Waals surface area contributed by atoms with Gasteiger partial charge in [-0.1, -0.05) is 19.1 Å². The number of rotatable bonds is 8. The van der Waals surface area contributed by atoms with Gasteiger partial charge in [0.05, 0.1) is 0 Å². The van der Waals surface area contributed by atoms with Crippen LogP contribution >= 0.6 is 0 Å². The lowest BCUT2D eigenvalue weighted by molar-refractivity contribution is 0.630. The maximum atomic E-state index is 3.37. The molecule has 0 spiro atoms. The lowest BCUT2D eigenvalue weighted by Gasteiger charge is -2.23. The Balaban J connectivity index is 2.38. The number of anilines is 1. The highest BCUT2D eigenvalue weighted by Crippen LogP contribution is 2.16. The summed E-state index contributed by atoms with van der Waals surface area (Å²) >= 11 is 0. The topological polar surface area (TPSA) is 15.3 Å². The molecule has 0 aliphatic carbocycles. The van der Waals surface area contributed by atoms with Gasteiger partial charge in [-0.2, -0.15) is 0 Å². The smallest absolute Gasteiger partial charge is 0.0368 e. The molecule has 1 N–H and O–H groups in total. The highest BCUT2D eigenvalue weighted by Gasteiger charge is 2.03. The summed E-state index contributed by atoms with van der Waals surface area (Å²) in [5.41, 5.74) is 2.70. The molecule has 0 aromatic heterocycles. The van der Waals surface area contributed by atoms with Gasteiger partial charge < -0.3 is 10.2 Å². The van der Waals surface area contributed by atoms with Gasteiger partial charge in [0.15, 0.2) is 0 Å². The number of hydrogen-bond acceptors (Lipinski definition) is 2. The van der Waals surface area contributed by atoms with Crippen LogP contribution in [0.1, 0.15) is 32.3 Å². The van der Waals surface area contributed by atoms with Crippen molar-refractivity contribution in [1.29, 1.82) is 0 Å². The third-order valence-corrected chi connectivity index (χ3v) is 3.03. The second-order valence-electron chi connectivity index (χ2n) is 4.48. The average Bonchev–Trinajstić information content (AvgIpc) is 2.34. The predicted octanol–water partition coefficient (Wildman–Crippen LogP) is 3.21. The minimum atomic E-state index is 1.08. The van der Waals surface area contributed by atoms with E-state index < -0.39 is 0 Å². The fourth-order valence-corrected chi connectivity index (χ4v) is 2.02. The molecule has 96 valence electrons. The van der Waals surface area contributed by atoms with E-state index in [-0.39, 0.29) is 0 Å². The van der Waals surface area contributed by atoms with E-state index in [1.165, 1.54) is 24.1 Å². The third kappa shape index (κ3) is 5.22. The number of nitrogens with one attached hydrogen (secondary N) is 1. The van der Waals surface area contributed by atoms with Gasteiger partial charge in [-0.25, -0.2) is 0 Å². The van der Waals surface area contributed by atoms with E-state index in [4.69, 9.17) is 0 Å². The van der Waals surface area contributed by atoms with Crippen LogP contribution in [-0.4, -0.2) is 26.2 Å². The summed E-state index contributed by atoms with van der Waals surface area (Å²) in [6.07, 6.45) is 2.52. The van der Waals surface area contributed by atoms with Crippen LogP contribution in [0.25, 0.3) is 0 Å². The molecule has 1 aromatic carbocycles. The average molecular weight is 234 g/mol. The first-order valence-corrected chi connectivity index (χ1v) is 6.80. The Morgan fingerprint density at radius 2 is 2.00 bits per heavy atom. The highest BCUT2D eigenvalue weighted by atomic mass is 15.1. The predicted molar refractivity (Wildman–Crippen MR) is 76.8 cm³/mol. The molecule has 2 nitrogen and oxygen atoms in total. The van der Waals surface area contributed by atoms with E-state index in [0.717, 1.165) is 26.2 Å². The molecular formula is C15H26N2. The van der Waals surface area contributed by atoms with Crippen molar-refractivity contribution in [3.8, 4) is 0 Å². The van der Waals surface area contributed by atoms with E-state index >= 15 is 0 Å². The quantitative estimate of drug-likeness (QED) is 0.695. The molecule has 0 saturated carbocycles. The maximum absolute atomic E-state index is 3.37. The molecule has 17 heavy (non-hydrogen) atoms. The van der Waals surface area contributed by atoms with Gasteiger partial charge in [-0.05, 0) is 57.5 Å². The lowest BCUT2D eigenvalue weighted by Crippen LogP contribution is -2.25. The van der Waals surface area contributed by atoms with Crippen LogP contribution in [-0.2, 0) is 0 Å². The number of hydrogen-bond donors (Lipinski definition) is 1. The summed E-state index contributed by atoms with van der Waals surface area (Å²) in [5.74, 6) is 0. The lowest BCUT2D eigenvalue weighted by atomic mass is 10.2. The number of nitrogens with zero attached hydrogens (tertiary/aromatic N) is 1. The van der Waals surface area contributed by atoms with Gasteiger partial charge in [-0.3, -0.25) is 0 Å². The van der Waals surface area contributed by atoms with Crippen molar-refractivity contribution >= 4 is 5.69 Å². The van der Waals surface area contributed by atoms with Crippen LogP contribution in [0.5, 0.6) is 0 Å². The zero-order valence-electron chi connectivity index (χ0n) is 11.5. The first-order valence-electron chi connectivity index (χ1n) is 6.80. The third-order valence-electron chi connectivity index (χ3n) is 3.03. The van der Waals surface area contributed by atoms with Crippen LogP contribution in [0.15, 0.2) is 24.3 Å². The Hall–Kier alpha value is -1.02. The number of unbranched alkanes of at least 4 members (excludes halogenated alkanes) is 1. The SMILES string of the molecule is CCNCCCCN(CC)c1cccc(C)c1. The summed E-state index contributed by atoms with van der Waals surface area (Å²) in [6, 6.07) is 8.78. The molecular weight excluding hydrogens is 208 g/mol. The Kier molecular flexibility index (Phi) is 6.71. The van der Waals surface area contributed by atoms with Crippen molar-refractivity contribution < 1.29 is 0 Å². The number of benzene rings is 1. The Bertz CT molecular complexity index is 310. The van der Waals surface area contributed by atoms with Gasteiger partial charge in [-0.15, -0.1) is 0 Å². The second kappa shape index (κ2) is 8.13. The molecule has 0 aliphatic heterocycles. The normalized spacial score (nSPS) is 10.5. The van der Waals surface area contributed by atoms with Crippen LogP contribution in [0.4, 0.5) is 5.69 Å². The fourth-order valence-electron chi connectivity index (χ4n) is 2.02. The van der Waals surface area contributed by atoms with E-state index in [1.54, 1.807) is 0 Å². The maximum Gasteiger partial charge on any atom is 0.0368 e. The van der Waals surface area contributed by atoms with Gasteiger partial charge in [0, 0.05) is 18.8 Å².